The highest BCUT2D eigenvalue weighted by atomic mass is 127. The molecule has 50 valence electrons. The molecule has 0 unspecified atom stereocenters. The van der Waals surface area contributed by atoms with Crippen molar-refractivity contribution in [3.63, 3.8) is 0 Å². The normalized spacial score (nSPS) is 9.89. The van der Waals surface area contributed by atoms with E-state index in [0.29, 0.717) is 0 Å². The van der Waals surface area contributed by atoms with Crippen LogP contribution in [-0.2, 0) is 6.42 Å². The van der Waals surface area contributed by atoms with Crippen molar-refractivity contribution in [1.29, 1.82) is 0 Å². The summed E-state index contributed by atoms with van der Waals surface area (Å²) in [6.07, 6.45) is 1.23. The summed E-state index contributed by atoms with van der Waals surface area (Å²) in [6, 6.07) is 4.30. The summed E-state index contributed by atoms with van der Waals surface area (Å²) >= 11 is 4.18. The first-order chi connectivity index (χ1) is 4.43. The van der Waals surface area contributed by atoms with E-state index in [0.717, 1.165) is 0 Å². The van der Waals surface area contributed by atoms with E-state index in [1.807, 2.05) is 20.3 Å². The maximum atomic E-state index is 2.33. The number of hydrogen-bond acceptors (Lipinski definition) is 2. The third kappa shape index (κ3) is 2.91. The second-order valence-electron chi connectivity index (χ2n) is 1.64. The summed E-state index contributed by atoms with van der Waals surface area (Å²) in [7, 11) is 1.88. The van der Waals surface area contributed by atoms with Gasteiger partial charge < -0.3 is 0 Å². The number of thiophene rings is 1. The molecule has 0 saturated carbocycles. The third-order valence-corrected chi connectivity index (χ3v) is 3.62. The highest BCUT2D eigenvalue weighted by Gasteiger charge is 1.90. The lowest BCUT2D eigenvalue weighted by Crippen LogP contribution is -1.78. The predicted octanol–water partition coefficient (Wildman–Crippen LogP) is 3.37. The van der Waals surface area contributed by atoms with E-state index in [1.54, 1.807) is 0 Å². The minimum atomic E-state index is 1.23. The Hall–Kier alpha value is 0.780. The molecule has 0 aliphatic carbocycles. The smallest absolute Gasteiger partial charge is 0.00818 e. The monoisotopic (exact) mass is 270 g/mol. The minimum Gasteiger partial charge on any atom is -0.149 e. The van der Waals surface area contributed by atoms with E-state index < -0.39 is 0 Å². The van der Waals surface area contributed by atoms with Crippen LogP contribution in [0.1, 0.15) is 4.88 Å². The Labute approximate surface area is 75.6 Å². The molecule has 9 heavy (non-hydrogen) atoms. The van der Waals surface area contributed by atoms with Gasteiger partial charge in [0.15, 0.2) is 0 Å². The van der Waals surface area contributed by atoms with Crippen LogP contribution in [0.2, 0.25) is 0 Å². The van der Waals surface area contributed by atoms with E-state index in [9.17, 15) is 0 Å². The van der Waals surface area contributed by atoms with Crippen molar-refractivity contribution in [2.24, 2.45) is 0 Å². The van der Waals surface area contributed by atoms with Crippen molar-refractivity contribution in [3.05, 3.63) is 22.4 Å². The van der Waals surface area contributed by atoms with Crippen LogP contribution in [0.25, 0.3) is 0 Å². The molecule has 0 atom stereocenters. The molecule has 0 saturated heterocycles. The maximum Gasteiger partial charge on any atom is 0.00818 e. The van der Waals surface area contributed by atoms with Crippen LogP contribution in [0.15, 0.2) is 17.5 Å². The summed E-state index contributed by atoms with van der Waals surface area (Å²) in [4.78, 5) is 1.50. The van der Waals surface area contributed by atoms with Crippen molar-refractivity contribution in [2.45, 2.75) is 6.42 Å². The number of hydrogen-bond donors (Lipinski definition) is 0. The molecule has 0 aliphatic rings. The van der Waals surface area contributed by atoms with E-state index in [4.69, 9.17) is 0 Å². The minimum absolute atomic E-state index is 1.23. The Bertz CT molecular complexity index is 148. The largest absolute Gasteiger partial charge is 0.149 e. The topological polar surface area (TPSA) is 0 Å². The molecular weight excluding hydrogens is 263 g/mol. The molecule has 3 heteroatoms. The van der Waals surface area contributed by atoms with Gasteiger partial charge in [0.05, 0.1) is 0 Å². The van der Waals surface area contributed by atoms with Crippen LogP contribution in [0.5, 0.6) is 0 Å². The van der Waals surface area contributed by atoms with E-state index in [1.165, 1.54) is 17.1 Å². The molecular formula is C6H7IS2. The van der Waals surface area contributed by atoms with Gasteiger partial charge >= 0.3 is 0 Å². The van der Waals surface area contributed by atoms with Gasteiger partial charge in [-0.05, 0) is 39.1 Å². The van der Waals surface area contributed by atoms with Crippen LogP contribution in [-0.4, -0.2) is 5.75 Å². The first-order valence-electron chi connectivity index (χ1n) is 2.69. The molecule has 0 nitrogen and oxygen atoms in total. The quantitative estimate of drug-likeness (QED) is 0.759. The zero-order valence-electron chi connectivity index (χ0n) is 4.84. The lowest BCUT2D eigenvalue weighted by Gasteiger charge is -1.89. The third-order valence-electron chi connectivity index (χ3n) is 1.01. The van der Waals surface area contributed by atoms with Crippen molar-refractivity contribution in [1.82, 2.24) is 0 Å². The van der Waals surface area contributed by atoms with Crippen molar-refractivity contribution < 1.29 is 0 Å². The SMILES string of the molecule is ISCCc1cccs1. The van der Waals surface area contributed by atoms with Gasteiger partial charge in [0, 0.05) is 10.6 Å². The fourth-order valence-corrected chi connectivity index (χ4v) is 2.39. The molecule has 0 spiro atoms. The molecule has 0 bridgehead atoms. The Morgan fingerprint density at radius 2 is 2.56 bits per heavy atom. The summed E-state index contributed by atoms with van der Waals surface area (Å²) in [5, 5.41) is 2.13. The molecule has 0 N–H and O–H groups in total. The molecule has 1 heterocycles. The summed E-state index contributed by atoms with van der Waals surface area (Å²) in [6.45, 7) is 0. The van der Waals surface area contributed by atoms with E-state index in [-0.39, 0.29) is 0 Å². The van der Waals surface area contributed by atoms with Crippen LogP contribution in [0, 0.1) is 0 Å². The van der Waals surface area contributed by atoms with Gasteiger partial charge in [-0.3, -0.25) is 0 Å². The number of halogens is 1. The van der Waals surface area contributed by atoms with Gasteiger partial charge in [0.2, 0.25) is 0 Å². The van der Waals surface area contributed by atoms with Crippen LogP contribution in [0.4, 0.5) is 0 Å². The molecule has 1 aromatic rings. The second-order valence-corrected chi connectivity index (χ2v) is 5.17. The molecule has 0 amide bonds. The Balaban J connectivity index is 2.30. The summed E-state index contributed by atoms with van der Waals surface area (Å²) < 4.78 is 0. The second kappa shape index (κ2) is 4.57. The van der Waals surface area contributed by atoms with Crippen molar-refractivity contribution in [2.75, 3.05) is 5.75 Å². The number of aryl methyl sites for hydroxylation is 1. The summed E-state index contributed by atoms with van der Waals surface area (Å²) in [5.74, 6) is 1.24. The first kappa shape index (κ1) is 7.88. The summed E-state index contributed by atoms with van der Waals surface area (Å²) in [5.41, 5.74) is 0. The lowest BCUT2D eigenvalue weighted by atomic mass is 10.4. The van der Waals surface area contributed by atoms with Gasteiger partial charge in [-0.2, -0.15) is 0 Å². The Kier molecular flexibility index (Phi) is 4.01. The fourth-order valence-electron chi connectivity index (χ4n) is 0.594. The van der Waals surface area contributed by atoms with Gasteiger partial charge in [0.1, 0.15) is 0 Å². The average molecular weight is 270 g/mol. The van der Waals surface area contributed by atoms with Gasteiger partial charge in [0.25, 0.3) is 0 Å². The van der Waals surface area contributed by atoms with Gasteiger partial charge in [-0.15, -0.1) is 11.3 Å². The standard InChI is InChI=1S/C6H7IS2/c7-9-5-3-6-2-1-4-8-6/h1-2,4H,3,5H2. The van der Waals surface area contributed by atoms with Crippen molar-refractivity contribution >= 4 is 41.5 Å². The van der Waals surface area contributed by atoms with Crippen LogP contribution < -0.4 is 0 Å². The molecule has 0 radical (unpaired) electrons. The molecule has 0 fully saturated rings. The Morgan fingerprint density at radius 1 is 1.67 bits per heavy atom. The molecule has 0 aromatic carbocycles. The van der Waals surface area contributed by atoms with E-state index >= 15 is 0 Å². The maximum absolute atomic E-state index is 2.33. The predicted molar refractivity (Wildman–Crippen MR) is 54.5 cm³/mol. The zero-order chi connectivity index (χ0) is 6.53. The van der Waals surface area contributed by atoms with Gasteiger partial charge in [-0.25, -0.2) is 0 Å². The number of rotatable bonds is 3. The average Bonchev–Trinajstić information content (AvgIpc) is 2.34. The highest BCUT2D eigenvalue weighted by molar-refractivity contribution is 14.2. The molecule has 0 aliphatic heterocycles. The molecule has 1 aromatic heterocycles. The lowest BCUT2D eigenvalue weighted by molar-refractivity contribution is 1.21. The zero-order valence-corrected chi connectivity index (χ0v) is 8.63. The van der Waals surface area contributed by atoms with Gasteiger partial charge in [-0.1, -0.05) is 15.0 Å². The Morgan fingerprint density at radius 3 is 3.11 bits per heavy atom. The van der Waals surface area contributed by atoms with Crippen molar-refractivity contribution in [3.8, 4) is 0 Å². The first-order valence-corrected chi connectivity index (χ1v) is 7.10. The molecule has 1 rings (SSSR count). The van der Waals surface area contributed by atoms with Crippen LogP contribution >= 0.6 is 41.5 Å². The highest BCUT2D eigenvalue weighted by Crippen LogP contribution is 2.16. The van der Waals surface area contributed by atoms with E-state index in [2.05, 4.69) is 38.7 Å². The van der Waals surface area contributed by atoms with Crippen LogP contribution in [0.3, 0.4) is 0 Å². The fraction of sp³-hybridized carbons (Fsp3) is 0.333.